The van der Waals surface area contributed by atoms with Crippen molar-refractivity contribution in [1.29, 1.82) is 0 Å². The van der Waals surface area contributed by atoms with Crippen molar-refractivity contribution in [2.45, 2.75) is 13.5 Å². The number of hydrogen-bond acceptors (Lipinski definition) is 5. The average molecular weight is 320 g/mol. The molecule has 1 aliphatic rings. The molecule has 22 heavy (non-hydrogen) atoms. The Morgan fingerprint density at radius 3 is 2.95 bits per heavy atom. The maximum atomic E-state index is 12.6. The summed E-state index contributed by atoms with van der Waals surface area (Å²) >= 11 is 1.61. The summed E-state index contributed by atoms with van der Waals surface area (Å²) < 4.78 is 11.8. The standard InChI is InChI=1S/C15H16N2O4S/c1-9-13(22-6-5-21-9)8-17-14(18)11-7-10(20-2)3-4-12(11)16-15(17)19/h3-4,7H,5-6,8H2,1-2H3,(H,16,19). The first-order valence-corrected chi connectivity index (χ1v) is 7.85. The third-order valence-electron chi connectivity index (χ3n) is 3.56. The van der Waals surface area contributed by atoms with Crippen molar-refractivity contribution in [2.24, 2.45) is 0 Å². The third-order valence-corrected chi connectivity index (χ3v) is 4.70. The molecule has 0 saturated carbocycles. The van der Waals surface area contributed by atoms with Crippen molar-refractivity contribution >= 4 is 22.7 Å². The summed E-state index contributed by atoms with van der Waals surface area (Å²) in [6, 6.07) is 5.01. The van der Waals surface area contributed by atoms with Gasteiger partial charge in [-0.05, 0) is 25.1 Å². The number of benzene rings is 1. The van der Waals surface area contributed by atoms with Crippen LogP contribution in [0.4, 0.5) is 0 Å². The number of aromatic nitrogens is 2. The summed E-state index contributed by atoms with van der Waals surface area (Å²) in [4.78, 5) is 28.4. The Balaban J connectivity index is 2.13. The van der Waals surface area contributed by atoms with Crippen LogP contribution in [0.25, 0.3) is 10.9 Å². The second-order valence-corrected chi connectivity index (χ2v) is 6.10. The van der Waals surface area contributed by atoms with Crippen LogP contribution in [0.15, 0.2) is 38.5 Å². The van der Waals surface area contributed by atoms with E-state index in [1.807, 2.05) is 6.92 Å². The van der Waals surface area contributed by atoms with Gasteiger partial charge >= 0.3 is 5.69 Å². The van der Waals surface area contributed by atoms with Crippen LogP contribution >= 0.6 is 11.8 Å². The molecule has 0 atom stereocenters. The van der Waals surface area contributed by atoms with Gasteiger partial charge in [-0.1, -0.05) is 0 Å². The maximum Gasteiger partial charge on any atom is 0.329 e. The van der Waals surface area contributed by atoms with E-state index >= 15 is 0 Å². The molecular weight excluding hydrogens is 304 g/mol. The van der Waals surface area contributed by atoms with Crippen molar-refractivity contribution in [3.05, 3.63) is 49.7 Å². The molecule has 1 N–H and O–H groups in total. The highest BCUT2D eigenvalue weighted by molar-refractivity contribution is 8.03. The topological polar surface area (TPSA) is 73.3 Å². The smallest absolute Gasteiger partial charge is 0.329 e. The van der Waals surface area contributed by atoms with Crippen molar-refractivity contribution in [1.82, 2.24) is 9.55 Å². The molecule has 0 bridgehead atoms. The van der Waals surface area contributed by atoms with Gasteiger partial charge in [0, 0.05) is 10.7 Å². The molecule has 2 heterocycles. The Morgan fingerprint density at radius 2 is 2.23 bits per heavy atom. The molecule has 3 rings (SSSR count). The van der Waals surface area contributed by atoms with Gasteiger partial charge < -0.3 is 14.5 Å². The number of nitrogens with zero attached hydrogens (tertiary/aromatic N) is 1. The number of thioether (sulfide) groups is 1. The minimum absolute atomic E-state index is 0.220. The Kier molecular flexibility index (Phi) is 3.98. The fourth-order valence-corrected chi connectivity index (χ4v) is 3.24. The number of fused-ring (bicyclic) bond motifs is 1. The lowest BCUT2D eigenvalue weighted by atomic mass is 10.2. The number of ether oxygens (including phenoxy) is 2. The summed E-state index contributed by atoms with van der Waals surface area (Å²) in [5.41, 5.74) is -0.247. The zero-order valence-corrected chi connectivity index (χ0v) is 13.2. The number of methoxy groups -OCH3 is 1. The molecule has 0 aliphatic carbocycles. The van der Waals surface area contributed by atoms with Crippen LogP contribution in [0.5, 0.6) is 5.75 Å². The van der Waals surface area contributed by atoms with E-state index in [1.165, 1.54) is 11.7 Å². The predicted octanol–water partition coefficient (Wildman–Crippen LogP) is 1.69. The van der Waals surface area contributed by atoms with Crippen LogP contribution in [0, 0.1) is 0 Å². The molecule has 2 aromatic rings. The number of H-pyrrole nitrogens is 1. The van der Waals surface area contributed by atoms with Gasteiger partial charge in [-0.2, -0.15) is 0 Å². The molecule has 7 heteroatoms. The lowest BCUT2D eigenvalue weighted by molar-refractivity contribution is 0.227. The van der Waals surface area contributed by atoms with E-state index in [2.05, 4.69) is 4.98 Å². The van der Waals surface area contributed by atoms with Crippen LogP contribution < -0.4 is 16.0 Å². The molecular formula is C15H16N2O4S. The van der Waals surface area contributed by atoms with Gasteiger partial charge in [0.15, 0.2) is 0 Å². The number of nitrogens with one attached hydrogen (secondary N) is 1. The monoisotopic (exact) mass is 320 g/mol. The summed E-state index contributed by atoms with van der Waals surface area (Å²) in [7, 11) is 1.54. The van der Waals surface area contributed by atoms with Crippen molar-refractivity contribution < 1.29 is 9.47 Å². The van der Waals surface area contributed by atoms with Gasteiger partial charge in [0.25, 0.3) is 5.56 Å². The molecule has 0 fully saturated rings. The molecule has 0 unspecified atom stereocenters. The minimum atomic E-state index is -0.422. The van der Waals surface area contributed by atoms with Gasteiger partial charge in [0.2, 0.25) is 0 Å². The van der Waals surface area contributed by atoms with Gasteiger partial charge in [-0.3, -0.25) is 9.36 Å². The molecule has 1 aromatic carbocycles. The molecule has 0 saturated heterocycles. The summed E-state index contributed by atoms with van der Waals surface area (Å²) in [5.74, 6) is 2.17. The Morgan fingerprint density at radius 1 is 1.41 bits per heavy atom. The van der Waals surface area contributed by atoms with Gasteiger partial charge in [-0.15, -0.1) is 11.8 Å². The Labute approximate surface area is 130 Å². The Bertz CT molecular complexity index is 866. The predicted molar refractivity (Wildman–Crippen MR) is 86.5 cm³/mol. The fraction of sp³-hybridized carbons (Fsp3) is 0.333. The van der Waals surface area contributed by atoms with E-state index < -0.39 is 5.69 Å². The third kappa shape index (κ3) is 2.64. The lowest BCUT2D eigenvalue weighted by Crippen LogP contribution is -2.35. The van der Waals surface area contributed by atoms with E-state index in [0.29, 0.717) is 23.3 Å². The number of allylic oxidation sites excluding steroid dienone is 2. The molecule has 0 amide bonds. The fourth-order valence-electron chi connectivity index (χ4n) is 2.34. The highest BCUT2D eigenvalue weighted by Gasteiger charge is 2.15. The molecule has 116 valence electrons. The summed E-state index contributed by atoms with van der Waals surface area (Å²) in [5, 5.41) is 0.430. The highest BCUT2D eigenvalue weighted by atomic mass is 32.2. The first kappa shape index (κ1) is 14.8. The molecule has 1 aromatic heterocycles. The van der Waals surface area contributed by atoms with E-state index in [9.17, 15) is 9.59 Å². The van der Waals surface area contributed by atoms with Gasteiger partial charge in [0.05, 0.1) is 31.2 Å². The van der Waals surface area contributed by atoms with E-state index in [4.69, 9.17) is 9.47 Å². The summed E-state index contributed by atoms with van der Waals surface area (Å²) in [6.45, 7) is 2.72. The number of rotatable bonds is 3. The van der Waals surface area contributed by atoms with Gasteiger partial charge in [-0.25, -0.2) is 4.79 Å². The molecule has 0 spiro atoms. The number of hydrogen-bond donors (Lipinski definition) is 1. The van der Waals surface area contributed by atoms with Crippen molar-refractivity contribution in [3.63, 3.8) is 0 Å². The molecule has 1 aliphatic heterocycles. The largest absolute Gasteiger partial charge is 0.497 e. The van der Waals surface area contributed by atoms with Crippen LogP contribution in [0.1, 0.15) is 6.92 Å². The molecule has 6 nitrogen and oxygen atoms in total. The highest BCUT2D eigenvalue weighted by Crippen LogP contribution is 2.26. The van der Waals surface area contributed by atoms with Crippen LogP contribution in [-0.2, 0) is 11.3 Å². The Hall–Kier alpha value is -2.15. The summed E-state index contributed by atoms with van der Waals surface area (Å²) in [6.07, 6.45) is 0. The zero-order chi connectivity index (χ0) is 15.7. The van der Waals surface area contributed by atoms with Crippen LogP contribution in [0.2, 0.25) is 0 Å². The van der Waals surface area contributed by atoms with E-state index in [1.54, 1.807) is 30.0 Å². The normalized spacial score (nSPS) is 15.0. The second kappa shape index (κ2) is 5.92. The molecule has 0 radical (unpaired) electrons. The maximum absolute atomic E-state index is 12.6. The minimum Gasteiger partial charge on any atom is -0.497 e. The van der Waals surface area contributed by atoms with Crippen molar-refractivity contribution in [3.8, 4) is 5.75 Å². The van der Waals surface area contributed by atoms with E-state index in [0.717, 1.165) is 16.4 Å². The quantitative estimate of drug-likeness (QED) is 0.932. The second-order valence-electron chi connectivity index (χ2n) is 4.91. The number of aromatic amines is 1. The zero-order valence-electron chi connectivity index (χ0n) is 12.3. The lowest BCUT2D eigenvalue weighted by Gasteiger charge is -2.18. The SMILES string of the molecule is COc1ccc2[nH]c(=O)n(CC3=C(C)OCCS3)c(=O)c2c1. The van der Waals surface area contributed by atoms with Crippen molar-refractivity contribution in [2.75, 3.05) is 19.5 Å². The van der Waals surface area contributed by atoms with Crippen LogP contribution in [-0.4, -0.2) is 29.0 Å². The first-order valence-electron chi connectivity index (χ1n) is 6.86. The van der Waals surface area contributed by atoms with Crippen LogP contribution in [0.3, 0.4) is 0 Å². The van der Waals surface area contributed by atoms with Gasteiger partial charge in [0.1, 0.15) is 11.5 Å². The first-order chi connectivity index (χ1) is 10.6. The van der Waals surface area contributed by atoms with E-state index in [-0.39, 0.29) is 12.1 Å². The average Bonchev–Trinajstić information content (AvgIpc) is 2.53.